The molecule has 1 heterocycles. The van der Waals surface area contributed by atoms with Crippen molar-refractivity contribution in [2.75, 3.05) is 23.7 Å². The maximum atomic E-state index is 12.6. The highest BCUT2D eigenvalue weighted by atomic mass is 16.2. The van der Waals surface area contributed by atoms with Crippen LogP contribution in [0.5, 0.6) is 0 Å². The van der Waals surface area contributed by atoms with E-state index >= 15 is 0 Å². The molecule has 1 aliphatic rings. The number of urea groups is 1. The number of piperidine rings is 1. The molecule has 5 nitrogen and oxygen atoms in total. The van der Waals surface area contributed by atoms with Crippen LogP contribution in [0.4, 0.5) is 16.2 Å². The van der Waals surface area contributed by atoms with Crippen molar-refractivity contribution in [3.63, 3.8) is 0 Å². The SMILES string of the molecule is CC(C)c1ccc(NC(=O)[C@@H]2CCCN(C(=O)Nc3ccccc3)C2)cc1. The third kappa shape index (κ3) is 5.09. The van der Waals surface area contributed by atoms with Gasteiger partial charge in [-0.15, -0.1) is 0 Å². The summed E-state index contributed by atoms with van der Waals surface area (Å²) < 4.78 is 0. The Bertz CT molecular complexity index is 772. The van der Waals surface area contributed by atoms with Crippen LogP contribution >= 0.6 is 0 Å². The molecule has 2 N–H and O–H groups in total. The van der Waals surface area contributed by atoms with Gasteiger partial charge in [0.05, 0.1) is 5.92 Å². The second-order valence-electron chi connectivity index (χ2n) is 7.35. The molecule has 3 rings (SSSR count). The average Bonchev–Trinajstić information content (AvgIpc) is 2.69. The lowest BCUT2D eigenvalue weighted by atomic mass is 9.97. The Balaban J connectivity index is 1.56. The van der Waals surface area contributed by atoms with Crippen molar-refractivity contribution in [2.45, 2.75) is 32.6 Å². The number of likely N-dealkylation sites (tertiary alicyclic amines) is 1. The highest BCUT2D eigenvalue weighted by molar-refractivity contribution is 5.94. The summed E-state index contributed by atoms with van der Waals surface area (Å²) in [6.07, 6.45) is 1.62. The molecule has 3 amide bonds. The fourth-order valence-electron chi connectivity index (χ4n) is 3.30. The first-order chi connectivity index (χ1) is 13.0. The van der Waals surface area contributed by atoms with Crippen LogP contribution < -0.4 is 10.6 Å². The minimum atomic E-state index is -0.190. The van der Waals surface area contributed by atoms with Gasteiger partial charge in [0.2, 0.25) is 5.91 Å². The van der Waals surface area contributed by atoms with Crippen LogP contribution in [0.2, 0.25) is 0 Å². The zero-order chi connectivity index (χ0) is 19.2. The Hall–Kier alpha value is -2.82. The molecule has 27 heavy (non-hydrogen) atoms. The van der Waals surface area contributed by atoms with E-state index in [4.69, 9.17) is 0 Å². The van der Waals surface area contributed by atoms with Crippen molar-refractivity contribution in [1.29, 1.82) is 0 Å². The van der Waals surface area contributed by atoms with E-state index in [9.17, 15) is 9.59 Å². The zero-order valence-electron chi connectivity index (χ0n) is 15.9. The molecule has 1 atom stereocenters. The van der Waals surface area contributed by atoms with Gasteiger partial charge in [0.15, 0.2) is 0 Å². The summed E-state index contributed by atoms with van der Waals surface area (Å²) in [5.41, 5.74) is 2.81. The van der Waals surface area contributed by atoms with Gasteiger partial charge in [-0.25, -0.2) is 4.79 Å². The van der Waals surface area contributed by atoms with Crippen LogP contribution in [0.25, 0.3) is 0 Å². The number of hydrogen-bond donors (Lipinski definition) is 2. The molecule has 2 aromatic rings. The van der Waals surface area contributed by atoms with Crippen LogP contribution in [-0.4, -0.2) is 29.9 Å². The molecule has 142 valence electrons. The lowest BCUT2D eigenvalue weighted by molar-refractivity contribution is -0.121. The van der Waals surface area contributed by atoms with Crippen LogP contribution in [0.3, 0.4) is 0 Å². The summed E-state index contributed by atoms with van der Waals surface area (Å²) in [6, 6.07) is 17.2. The normalized spacial score (nSPS) is 16.9. The van der Waals surface area contributed by atoms with Crippen molar-refractivity contribution in [1.82, 2.24) is 4.90 Å². The van der Waals surface area contributed by atoms with Crippen molar-refractivity contribution >= 4 is 23.3 Å². The molecule has 1 aliphatic heterocycles. The number of rotatable bonds is 4. The fourth-order valence-corrected chi connectivity index (χ4v) is 3.30. The number of nitrogens with one attached hydrogen (secondary N) is 2. The molecule has 2 aromatic carbocycles. The van der Waals surface area contributed by atoms with Crippen LogP contribution in [0, 0.1) is 5.92 Å². The highest BCUT2D eigenvalue weighted by Crippen LogP contribution is 2.21. The van der Waals surface area contributed by atoms with E-state index in [1.807, 2.05) is 54.6 Å². The van der Waals surface area contributed by atoms with Crippen molar-refractivity contribution in [2.24, 2.45) is 5.92 Å². The lowest BCUT2D eigenvalue weighted by Crippen LogP contribution is -2.45. The number of anilines is 2. The summed E-state index contributed by atoms with van der Waals surface area (Å²) in [5.74, 6) is 0.249. The summed E-state index contributed by atoms with van der Waals surface area (Å²) in [7, 11) is 0. The summed E-state index contributed by atoms with van der Waals surface area (Å²) in [5, 5.41) is 5.88. The molecule has 1 saturated heterocycles. The van der Waals surface area contributed by atoms with Gasteiger partial charge in [0.25, 0.3) is 0 Å². The second-order valence-corrected chi connectivity index (χ2v) is 7.35. The minimum Gasteiger partial charge on any atom is -0.326 e. The van der Waals surface area contributed by atoms with E-state index in [1.165, 1.54) is 5.56 Å². The predicted octanol–water partition coefficient (Wildman–Crippen LogP) is 4.69. The molecule has 0 bridgehead atoms. The van der Waals surface area contributed by atoms with E-state index in [-0.39, 0.29) is 17.9 Å². The Kier molecular flexibility index (Phi) is 6.12. The number of nitrogens with zero attached hydrogens (tertiary/aromatic N) is 1. The average molecular weight is 365 g/mol. The Labute approximate surface area is 160 Å². The van der Waals surface area contributed by atoms with Gasteiger partial charge in [-0.1, -0.05) is 44.2 Å². The topological polar surface area (TPSA) is 61.4 Å². The first-order valence-electron chi connectivity index (χ1n) is 9.54. The Morgan fingerprint density at radius 1 is 0.963 bits per heavy atom. The first-order valence-corrected chi connectivity index (χ1v) is 9.54. The number of amides is 3. The fraction of sp³-hybridized carbons (Fsp3) is 0.364. The third-order valence-electron chi connectivity index (χ3n) is 4.95. The van der Waals surface area contributed by atoms with Crippen molar-refractivity contribution in [3.05, 3.63) is 60.2 Å². The summed E-state index contributed by atoms with van der Waals surface area (Å²) >= 11 is 0. The molecule has 1 fully saturated rings. The molecule has 0 saturated carbocycles. The van der Waals surface area contributed by atoms with E-state index in [0.717, 1.165) is 24.2 Å². The van der Waals surface area contributed by atoms with Gasteiger partial charge in [-0.05, 0) is 48.6 Å². The maximum absolute atomic E-state index is 12.6. The highest BCUT2D eigenvalue weighted by Gasteiger charge is 2.28. The number of carbonyl (C=O) groups excluding carboxylic acids is 2. The van der Waals surface area contributed by atoms with Gasteiger partial charge < -0.3 is 15.5 Å². The van der Waals surface area contributed by atoms with E-state index in [2.05, 4.69) is 24.5 Å². The molecule has 0 unspecified atom stereocenters. The first kappa shape index (κ1) is 19.0. The van der Waals surface area contributed by atoms with Gasteiger partial charge >= 0.3 is 6.03 Å². The van der Waals surface area contributed by atoms with E-state index < -0.39 is 0 Å². The number of hydrogen-bond acceptors (Lipinski definition) is 2. The smallest absolute Gasteiger partial charge is 0.321 e. The molecule has 0 radical (unpaired) electrons. The van der Waals surface area contributed by atoms with Gasteiger partial charge in [0.1, 0.15) is 0 Å². The summed E-state index contributed by atoms with van der Waals surface area (Å²) in [6.45, 7) is 5.40. The third-order valence-corrected chi connectivity index (χ3v) is 4.95. The van der Waals surface area contributed by atoms with Crippen molar-refractivity contribution < 1.29 is 9.59 Å². The molecule has 0 spiro atoms. The molecule has 0 aliphatic carbocycles. The number of carbonyl (C=O) groups is 2. The molecule has 5 heteroatoms. The predicted molar refractivity (Wildman–Crippen MR) is 109 cm³/mol. The maximum Gasteiger partial charge on any atom is 0.321 e. The largest absolute Gasteiger partial charge is 0.326 e. The van der Waals surface area contributed by atoms with Crippen LogP contribution in [0.15, 0.2) is 54.6 Å². The Morgan fingerprint density at radius 3 is 2.30 bits per heavy atom. The number of benzene rings is 2. The second kappa shape index (κ2) is 8.71. The summed E-state index contributed by atoms with van der Waals surface area (Å²) in [4.78, 5) is 26.8. The molecular weight excluding hydrogens is 338 g/mol. The van der Waals surface area contributed by atoms with Crippen LogP contribution in [-0.2, 0) is 4.79 Å². The van der Waals surface area contributed by atoms with E-state index in [0.29, 0.717) is 19.0 Å². The monoisotopic (exact) mass is 365 g/mol. The molecule has 0 aromatic heterocycles. The van der Waals surface area contributed by atoms with Crippen LogP contribution in [0.1, 0.15) is 38.2 Å². The van der Waals surface area contributed by atoms with E-state index in [1.54, 1.807) is 4.90 Å². The van der Waals surface area contributed by atoms with Gasteiger partial charge in [0, 0.05) is 24.5 Å². The number of para-hydroxylation sites is 1. The molecular formula is C22H27N3O2. The van der Waals surface area contributed by atoms with Crippen molar-refractivity contribution in [3.8, 4) is 0 Å². The standard InChI is InChI=1S/C22H27N3O2/c1-16(2)17-10-12-20(13-11-17)23-21(26)18-7-6-14-25(15-18)22(27)24-19-8-4-3-5-9-19/h3-5,8-13,16,18H,6-7,14-15H2,1-2H3,(H,23,26)(H,24,27)/t18-/m1/s1. The lowest BCUT2D eigenvalue weighted by Gasteiger charge is -2.32. The van der Waals surface area contributed by atoms with Gasteiger partial charge in [-0.2, -0.15) is 0 Å². The quantitative estimate of drug-likeness (QED) is 0.825. The van der Waals surface area contributed by atoms with Gasteiger partial charge in [-0.3, -0.25) is 4.79 Å². The minimum absolute atomic E-state index is 0.0236. The Morgan fingerprint density at radius 2 is 1.63 bits per heavy atom. The zero-order valence-corrected chi connectivity index (χ0v) is 15.9.